The highest BCUT2D eigenvalue weighted by molar-refractivity contribution is 8.01. The van der Waals surface area contributed by atoms with Crippen LogP contribution in [0.15, 0.2) is 30.3 Å². The Morgan fingerprint density at radius 2 is 1.78 bits per heavy atom. The number of hydrogen-bond acceptors (Lipinski definition) is 3. The molecule has 98 valence electrons. The highest BCUT2D eigenvalue weighted by Gasteiger charge is 2.44. The highest BCUT2D eigenvalue weighted by atomic mass is 32.2. The fraction of sp³-hybridized carbons (Fsp3) is 0.600. The van der Waals surface area contributed by atoms with E-state index < -0.39 is 0 Å². The van der Waals surface area contributed by atoms with E-state index in [9.17, 15) is 0 Å². The van der Waals surface area contributed by atoms with Gasteiger partial charge in [-0.15, -0.1) is 11.8 Å². The zero-order valence-corrected chi connectivity index (χ0v) is 12.1. The monoisotopic (exact) mass is 262 g/mol. The molecule has 0 bridgehead atoms. The van der Waals surface area contributed by atoms with Gasteiger partial charge in [0.1, 0.15) is 0 Å². The van der Waals surface area contributed by atoms with Gasteiger partial charge < -0.3 is 4.90 Å². The molecular weight excluding hydrogens is 240 g/mol. The van der Waals surface area contributed by atoms with Gasteiger partial charge in [-0.25, -0.2) is 0 Å². The molecule has 1 N–H and O–H groups in total. The van der Waals surface area contributed by atoms with Crippen molar-refractivity contribution in [2.45, 2.75) is 37.1 Å². The lowest BCUT2D eigenvalue weighted by molar-refractivity contribution is 0.316. The average Bonchev–Trinajstić information content (AvgIpc) is 2.67. The van der Waals surface area contributed by atoms with Crippen LogP contribution in [-0.4, -0.2) is 29.3 Å². The minimum absolute atomic E-state index is 0.305. The van der Waals surface area contributed by atoms with Crippen molar-refractivity contribution in [3.63, 3.8) is 0 Å². The topological polar surface area (TPSA) is 15.3 Å². The molecule has 3 heteroatoms. The molecule has 0 aliphatic carbocycles. The molecule has 0 atom stereocenters. The van der Waals surface area contributed by atoms with Crippen LogP contribution in [0.5, 0.6) is 0 Å². The maximum atomic E-state index is 3.85. The first-order valence-corrected chi connectivity index (χ1v) is 7.81. The van der Waals surface area contributed by atoms with Gasteiger partial charge in [-0.05, 0) is 38.8 Å². The van der Waals surface area contributed by atoms with Gasteiger partial charge in [-0.1, -0.05) is 18.2 Å². The van der Waals surface area contributed by atoms with Gasteiger partial charge in [-0.3, -0.25) is 5.32 Å². The molecule has 2 aliphatic rings. The third-order valence-corrected chi connectivity index (χ3v) is 5.90. The summed E-state index contributed by atoms with van der Waals surface area (Å²) in [5.41, 5.74) is 1.68. The molecule has 2 saturated heterocycles. The number of hydrogen-bond donors (Lipinski definition) is 1. The van der Waals surface area contributed by atoms with Crippen molar-refractivity contribution in [1.29, 1.82) is 0 Å². The van der Waals surface area contributed by atoms with Crippen molar-refractivity contribution in [2.24, 2.45) is 0 Å². The van der Waals surface area contributed by atoms with Crippen LogP contribution < -0.4 is 10.2 Å². The van der Waals surface area contributed by atoms with E-state index in [-0.39, 0.29) is 0 Å². The Balaban J connectivity index is 1.65. The third-order valence-electron chi connectivity index (χ3n) is 3.97. The molecule has 0 aromatic heterocycles. The summed E-state index contributed by atoms with van der Waals surface area (Å²) < 4.78 is 0. The van der Waals surface area contributed by atoms with E-state index >= 15 is 0 Å². The van der Waals surface area contributed by atoms with Gasteiger partial charge in [0.2, 0.25) is 0 Å². The van der Waals surface area contributed by atoms with E-state index in [0.717, 1.165) is 0 Å². The number of piperidine rings is 1. The summed E-state index contributed by atoms with van der Waals surface area (Å²) in [7, 11) is 0. The summed E-state index contributed by atoms with van der Waals surface area (Å²) in [6.45, 7) is 6.97. The first-order chi connectivity index (χ1) is 8.59. The number of rotatable bonds is 1. The van der Waals surface area contributed by atoms with E-state index in [1.54, 1.807) is 0 Å². The van der Waals surface area contributed by atoms with Gasteiger partial charge in [0.25, 0.3) is 0 Å². The molecule has 1 spiro atoms. The first-order valence-electron chi connectivity index (χ1n) is 6.82. The number of benzene rings is 1. The standard InChI is InChI=1S/C15H22N2S/c1-14(2)12-18-15(16-14)8-10-17(11-9-15)13-6-4-3-5-7-13/h3-7,16H,8-12H2,1-2H3. The van der Waals surface area contributed by atoms with Crippen LogP contribution in [0.1, 0.15) is 26.7 Å². The average molecular weight is 262 g/mol. The number of nitrogens with one attached hydrogen (secondary N) is 1. The Morgan fingerprint density at radius 1 is 1.11 bits per heavy atom. The van der Waals surface area contributed by atoms with Crippen LogP contribution >= 0.6 is 11.8 Å². The Morgan fingerprint density at radius 3 is 2.33 bits per heavy atom. The van der Waals surface area contributed by atoms with Gasteiger partial charge in [0, 0.05) is 30.1 Å². The molecule has 2 heterocycles. The van der Waals surface area contributed by atoms with E-state index in [4.69, 9.17) is 0 Å². The smallest absolute Gasteiger partial charge is 0.0684 e. The van der Waals surface area contributed by atoms with Gasteiger partial charge in [0.05, 0.1) is 4.87 Å². The Hall–Kier alpha value is -0.670. The van der Waals surface area contributed by atoms with E-state index in [1.807, 2.05) is 0 Å². The van der Waals surface area contributed by atoms with Crippen molar-refractivity contribution >= 4 is 17.4 Å². The molecule has 1 aromatic carbocycles. The van der Waals surface area contributed by atoms with Crippen LogP contribution in [0.25, 0.3) is 0 Å². The largest absolute Gasteiger partial charge is 0.371 e. The third kappa shape index (κ3) is 2.39. The molecule has 18 heavy (non-hydrogen) atoms. The zero-order chi connectivity index (χ0) is 12.6. The van der Waals surface area contributed by atoms with Crippen LogP contribution in [0, 0.1) is 0 Å². The summed E-state index contributed by atoms with van der Waals surface area (Å²) in [6.07, 6.45) is 2.49. The lowest BCUT2D eigenvalue weighted by Gasteiger charge is -2.41. The molecule has 1 aromatic rings. The van der Waals surface area contributed by atoms with Crippen molar-refractivity contribution in [1.82, 2.24) is 5.32 Å². The van der Waals surface area contributed by atoms with Crippen molar-refractivity contribution in [3.05, 3.63) is 30.3 Å². The van der Waals surface area contributed by atoms with Crippen LogP contribution in [-0.2, 0) is 0 Å². The lowest BCUT2D eigenvalue weighted by Crippen LogP contribution is -2.53. The fourth-order valence-corrected chi connectivity index (χ4v) is 4.57. The van der Waals surface area contributed by atoms with Gasteiger partial charge in [0.15, 0.2) is 0 Å². The maximum absolute atomic E-state index is 3.85. The zero-order valence-electron chi connectivity index (χ0n) is 11.3. The number of para-hydroxylation sites is 1. The van der Waals surface area contributed by atoms with E-state index in [0.29, 0.717) is 10.4 Å². The lowest BCUT2D eigenvalue weighted by atomic mass is 9.99. The quantitative estimate of drug-likeness (QED) is 0.837. The summed E-state index contributed by atoms with van der Waals surface area (Å²) in [5.74, 6) is 1.23. The summed E-state index contributed by atoms with van der Waals surface area (Å²) >= 11 is 2.13. The van der Waals surface area contributed by atoms with Crippen LogP contribution in [0.2, 0.25) is 0 Å². The van der Waals surface area contributed by atoms with Gasteiger partial charge >= 0.3 is 0 Å². The minimum atomic E-state index is 0.305. The van der Waals surface area contributed by atoms with Crippen molar-refractivity contribution < 1.29 is 0 Å². The molecule has 2 nitrogen and oxygen atoms in total. The molecule has 0 unspecified atom stereocenters. The summed E-state index contributed by atoms with van der Waals surface area (Å²) in [5, 5.41) is 3.85. The molecule has 0 radical (unpaired) electrons. The SMILES string of the molecule is CC1(C)CSC2(CCN(c3ccccc3)CC2)N1. The Labute approximate surface area is 114 Å². The number of thioether (sulfide) groups is 1. The van der Waals surface area contributed by atoms with Crippen LogP contribution in [0.3, 0.4) is 0 Å². The van der Waals surface area contributed by atoms with Gasteiger partial charge in [-0.2, -0.15) is 0 Å². The predicted octanol–water partition coefficient (Wildman–Crippen LogP) is 3.10. The van der Waals surface area contributed by atoms with Crippen molar-refractivity contribution in [3.8, 4) is 0 Å². The Kier molecular flexibility index (Phi) is 3.07. The molecular formula is C15H22N2S. The second-order valence-corrected chi connectivity index (χ2v) is 7.47. The molecule has 2 aliphatic heterocycles. The maximum Gasteiger partial charge on any atom is 0.0684 e. The molecule has 0 saturated carbocycles. The normalized spacial score (nSPS) is 25.6. The molecule has 3 rings (SSSR count). The minimum Gasteiger partial charge on any atom is -0.371 e. The first kappa shape index (κ1) is 12.4. The van der Waals surface area contributed by atoms with Crippen molar-refractivity contribution in [2.75, 3.05) is 23.7 Å². The Bertz CT molecular complexity index is 408. The number of nitrogens with zero attached hydrogens (tertiary/aromatic N) is 1. The molecule has 0 amide bonds. The fourth-order valence-electron chi connectivity index (χ4n) is 3.04. The van der Waals surface area contributed by atoms with Crippen LogP contribution in [0.4, 0.5) is 5.69 Å². The molecule has 2 fully saturated rings. The predicted molar refractivity (Wildman–Crippen MR) is 80.3 cm³/mol. The summed E-state index contributed by atoms with van der Waals surface area (Å²) in [6, 6.07) is 10.8. The second kappa shape index (κ2) is 4.46. The van der Waals surface area contributed by atoms with E-state index in [1.165, 1.54) is 37.4 Å². The van der Waals surface area contributed by atoms with E-state index in [2.05, 4.69) is 66.2 Å². The number of anilines is 1. The summed E-state index contributed by atoms with van der Waals surface area (Å²) in [4.78, 5) is 2.85. The highest BCUT2D eigenvalue weighted by Crippen LogP contribution is 2.43. The second-order valence-electron chi connectivity index (χ2n) is 6.11.